The number of hydrogen-bond acceptors (Lipinski definition) is 4. The molecule has 1 aliphatic rings. The highest BCUT2D eigenvalue weighted by Gasteiger charge is 2.26. The fourth-order valence-corrected chi connectivity index (χ4v) is 4.98. The maximum atomic E-state index is 12.7. The molecule has 1 saturated heterocycles. The first-order valence-electron chi connectivity index (χ1n) is 12.7. The molecule has 1 aromatic heterocycles. The van der Waals surface area contributed by atoms with Crippen molar-refractivity contribution < 1.29 is 13.2 Å². The quantitative estimate of drug-likeness (QED) is 0.396. The molecule has 196 valence electrons. The fraction of sp³-hybridized carbons (Fsp3) is 0.379. The highest BCUT2D eigenvalue weighted by molar-refractivity contribution is 7.89. The van der Waals surface area contributed by atoms with Gasteiger partial charge in [0, 0.05) is 30.9 Å². The van der Waals surface area contributed by atoms with Crippen LogP contribution in [0.25, 0.3) is 0 Å². The number of pyridine rings is 1. The Kier molecular flexibility index (Phi) is 14.3. The Morgan fingerprint density at radius 2 is 1.31 bits per heavy atom. The van der Waals surface area contributed by atoms with E-state index in [1.165, 1.54) is 28.2 Å². The van der Waals surface area contributed by atoms with Gasteiger partial charge in [0.1, 0.15) is 0 Å². The average Bonchev–Trinajstić information content (AvgIpc) is 2.94. The molecule has 36 heavy (non-hydrogen) atoms. The van der Waals surface area contributed by atoms with Gasteiger partial charge >= 0.3 is 0 Å². The van der Waals surface area contributed by atoms with Crippen molar-refractivity contribution in [3.63, 3.8) is 0 Å². The molecule has 3 aromatic rings. The summed E-state index contributed by atoms with van der Waals surface area (Å²) < 4.78 is 28.1. The number of aryl methyl sites for hydroxylation is 1. The second kappa shape index (κ2) is 16.6. The monoisotopic (exact) mass is 512 g/mol. The van der Waals surface area contributed by atoms with Gasteiger partial charge in [-0.1, -0.05) is 100 Å². The Hall–Kier alpha value is -3.03. The van der Waals surface area contributed by atoms with Crippen LogP contribution in [0.1, 0.15) is 62.9 Å². The van der Waals surface area contributed by atoms with Gasteiger partial charge in [0.25, 0.3) is 5.56 Å². The molecule has 1 aliphatic heterocycles. The Labute approximate surface area is 216 Å². The minimum Gasteiger partial charge on any atom is -0.306 e. The minimum absolute atomic E-state index is 0.0508. The van der Waals surface area contributed by atoms with Crippen molar-refractivity contribution in [3.05, 3.63) is 100 Å². The first kappa shape index (κ1) is 31.0. The number of nitrogens with zero attached hydrogens (tertiary/aromatic N) is 2. The summed E-state index contributed by atoms with van der Waals surface area (Å²) in [5.41, 5.74) is 1.41. The van der Waals surface area contributed by atoms with Crippen molar-refractivity contribution in [3.8, 4) is 0 Å². The molecule has 0 radical (unpaired) electrons. The van der Waals surface area contributed by atoms with E-state index in [1.807, 2.05) is 45.9 Å². The first-order chi connectivity index (χ1) is 17.4. The van der Waals surface area contributed by atoms with Gasteiger partial charge in [0.15, 0.2) is 5.78 Å². The Bertz CT molecular complexity index is 1180. The molecule has 0 spiro atoms. The minimum atomic E-state index is -3.64. The molecule has 7 heteroatoms. The molecule has 0 saturated carbocycles. The third-order valence-corrected chi connectivity index (χ3v) is 7.14. The molecule has 2 heterocycles. The van der Waals surface area contributed by atoms with Gasteiger partial charge in [-0.2, -0.15) is 4.31 Å². The molecule has 0 unspecified atom stereocenters. The molecule has 0 bridgehead atoms. The normalized spacial score (nSPS) is 13.0. The van der Waals surface area contributed by atoms with E-state index in [9.17, 15) is 18.0 Å². The van der Waals surface area contributed by atoms with Crippen LogP contribution in [0.5, 0.6) is 0 Å². The summed E-state index contributed by atoms with van der Waals surface area (Å²) in [6.07, 6.45) is 3.97. The van der Waals surface area contributed by atoms with E-state index >= 15 is 0 Å². The van der Waals surface area contributed by atoms with Gasteiger partial charge in [-0.05, 0) is 25.8 Å². The summed E-state index contributed by atoms with van der Waals surface area (Å²) in [7, 11) is -3.64. The zero-order valence-corrected chi connectivity index (χ0v) is 23.0. The maximum absolute atomic E-state index is 12.7. The van der Waals surface area contributed by atoms with Crippen LogP contribution in [0.2, 0.25) is 0 Å². The highest BCUT2D eigenvalue weighted by Crippen LogP contribution is 2.19. The summed E-state index contributed by atoms with van der Waals surface area (Å²) in [6, 6.07) is 21.4. The van der Waals surface area contributed by atoms with Crippen LogP contribution >= 0.6 is 0 Å². The molecule has 0 amide bonds. The van der Waals surface area contributed by atoms with E-state index in [0.717, 1.165) is 23.8 Å². The lowest BCUT2D eigenvalue weighted by Gasteiger charge is -2.26. The topological polar surface area (TPSA) is 76.5 Å². The number of Topliss-reactive ketones (excluding diaryl/α,β-unsaturated/α-hetero) is 1. The first-order valence-corrected chi connectivity index (χ1v) is 14.1. The number of carbonyl (C=O) groups excluding carboxylic acids is 1. The lowest BCUT2D eigenvalue weighted by molar-refractivity contribution is 0.0970. The standard InChI is InChI=1S/C18H20N2O4S.C7H8.2C2H6/c21-17(15-7-3-1-4-8-15)14-19-13-16(9-10-18(19)22)25(23,24)20-11-5-2-6-12-20;1-7-5-3-2-4-6-7;2*1-2/h1,3-4,7-10,13H,2,5-6,11-12,14H2;2-6H,1H3;2*1-2H3. The van der Waals surface area contributed by atoms with Gasteiger partial charge in [0.05, 0.1) is 11.4 Å². The third kappa shape index (κ3) is 9.55. The average molecular weight is 513 g/mol. The number of aromatic nitrogens is 1. The lowest BCUT2D eigenvalue weighted by atomic mass is 10.1. The highest BCUT2D eigenvalue weighted by atomic mass is 32.2. The van der Waals surface area contributed by atoms with Crippen molar-refractivity contribution >= 4 is 15.8 Å². The van der Waals surface area contributed by atoms with Crippen molar-refractivity contribution in [2.75, 3.05) is 13.1 Å². The number of sulfonamides is 1. The zero-order valence-electron chi connectivity index (χ0n) is 22.2. The van der Waals surface area contributed by atoms with Crippen LogP contribution in [0.3, 0.4) is 0 Å². The van der Waals surface area contributed by atoms with Crippen molar-refractivity contribution in [2.45, 2.75) is 65.3 Å². The second-order valence-electron chi connectivity index (χ2n) is 7.74. The van der Waals surface area contributed by atoms with Gasteiger partial charge in [-0.25, -0.2) is 8.42 Å². The summed E-state index contributed by atoms with van der Waals surface area (Å²) >= 11 is 0. The molecule has 0 N–H and O–H groups in total. The van der Waals surface area contributed by atoms with E-state index in [4.69, 9.17) is 0 Å². The molecular formula is C29H40N2O4S. The number of benzene rings is 2. The summed E-state index contributed by atoms with van der Waals surface area (Å²) in [6.45, 7) is 10.9. The van der Waals surface area contributed by atoms with Gasteiger partial charge in [-0.15, -0.1) is 0 Å². The molecule has 0 aliphatic carbocycles. The van der Waals surface area contributed by atoms with E-state index < -0.39 is 15.6 Å². The number of ketones is 1. The van der Waals surface area contributed by atoms with Crippen molar-refractivity contribution in [1.82, 2.24) is 8.87 Å². The summed E-state index contributed by atoms with van der Waals surface area (Å²) in [5.74, 6) is -0.241. The molecule has 0 atom stereocenters. The SMILES string of the molecule is CC.CC.Cc1ccccc1.O=C(Cn1cc(S(=O)(=O)N2CCCCC2)ccc1=O)c1ccccc1. The van der Waals surface area contributed by atoms with Crippen LogP contribution < -0.4 is 5.56 Å². The van der Waals surface area contributed by atoms with Gasteiger partial charge in [-0.3, -0.25) is 9.59 Å². The smallest absolute Gasteiger partial charge is 0.251 e. The zero-order chi connectivity index (χ0) is 27.0. The Morgan fingerprint density at radius 3 is 1.81 bits per heavy atom. The molecule has 2 aromatic carbocycles. The van der Waals surface area contributed by atoms with Crippen LogP contribution in [0.4, 0.5) is 0 Å². The molecule has 1 fully saturated rings. The van der Waals surface area contributed by atoms with Gasteiger partial charge < -0.3 is 4.57 Å². The van der Waals surface area contributed by atoms with Crippen molar-refractivity contribution in [2.24, 2.45) is 0 Å². The van der Waals surface area contributed by atoms with Crippen LogP contribution in [0, 0.1) is 6.92 Å². The van der Waals surface area contributed by atoms with Crippen LogP contribution in [0.15, 0.2) is 88.7 Å². The summed E-state index contributed by atoms with van der Waals surface area (Å²) in [5, 5.41) is 0. The van der Waals surface area contributed by atoms with E-state index in [2.05, 4.69) is 19.1 Å². The van der Waals surface area contributed by atoms with E-state index in [0.29, 0.717) is 18.7 Å². The fourth-order valence-electron chi connectivity index (χ4n) is 3.44. The third-order valence-electron chi connectivity index (χ3n) is 5.26. The number of piperidine rings is 1. The lowest BCUT2D eigenvalue weighted by Crippen LogP contribution is -2.36. The summed E-state index contributed by atoms with van der Waals surface area (Å²) in [4.78, 5) is 24.4. The predicted molar refractivity (Wildman–Crippen MR) is 148 cm³/mol. The Morgan fingerprint density at radius 1 is 0.778 bits per heavy atom. The molecule has 6 nitrogen and oxygen atoms in total. The van der Waals surface area contributed by atoms with Crippen LogP contribution in [-0.4, -0.2) is 36.2 Å². The van der Waals surface area contributed by atoms with Gasteiger partial charge in [0.2, 0.25) is 10.0 Å². The Balaban J connectivity index is 0.000000496. The van der Waals surface area contributed by atoms with Crippen molar-refractivity contribution in [1.29, 1.82) is 0 Å². The maximum Gasteiger partial charge on any atom is 0.251 e. The van der Waals surface area contributed by atoms with E-state index in [-0.39, 0.29) is 17.2 Å². The van der Waals surface area contributed by atoms with E-state index in [1.54, 1.807) is 30.3 Å². The molecular weight excluding hydrogens is 472 g/mol. The number of carbonyl (C=O) groups is 1. The second-order valence-corrected chi connectivity index (χ2v) is 9.68. The van der Waals surface area contributed by atoms with Crippen LogP contribution in [-0.2, 0) is 16.6 Å². The largest absolute Gasteiger partial charge is 0.306 e. The number of hydrogen-bond donors (Lipinski definition) is 0. The predicted octanol–water partition coefficient (Wildman–Crippen LogP) is 5.95. The molecule has 4 rings (SSSR count). The number of rotatable bonds is 5.